The van der Waals surface area contributed by atoms with E-state index in [0.29, 0.717) is 18.1 Å². The fourth-order valence-electron chi connectivity index (χ4n) is 7.69. The van der Waals surface area contributed by atoms with Crippen LogP contribution in [0.3, 0.4) is 0 Å². The van der Waals surface area contributed by atoms with Crippen molar-refractivity contribution in [1.29, 1.82) is 5.26 Å². The zero-order chi connectivity index (χ0) is 20.8. The molecular formula is C24H27NO4. The topological polar surface area (TPSA) is 84.2 Å². The highest BCUT2D eigenvalue weighted by atomic mass is 16.5. The highest BCUT2D eigenvalue weighted by Crippen LogP contribution is 2.76. The normalized spacial score (nSPS) is 49.2. The number of esters is 1. The average molecular weight is 393 g/mol. The lowest BCUT2D eigenvalue weighted by Gasteiger charge is -2.54. The monoisotopic (exact) mass is 393 g/mol. The summed E-state index contributed by atoms with van der Waals surface area (Å²) in [6, 6.07) is 2.22. The number of carbonyl (C=O) groups is 3. The van der Waals surface area contributed by atoms with Gasteiger partial charge in [0.25, 0.3) is 0 Å². The smallest absolute Gasteiger partial charge is 0.327 e. The first-order valence-electron chi connectivity index (χ1n) is 10.8. The Morgan fingerprint density at radius 1 is 1.28 bits per heavy atom. The number of hydrogen-bond acceptors (Lipinski definition) is 5. The number of hydrogen-bond donors (Lipinski definition) is 0. The molecule has 0 radical (unpaired) electrons. The Labute approximate surface area is 171 Å². The van der Waals surface area contributed by atoms with Crippen molar-refractivity contribution in [3.63, 3.8) is 0 Å². The molecule has 5 nitrogen and oxygen atoms in total. The Morgan fingerprint density at radius 3 is 2.72 bits per heavy atom. The molecule has 0 bridgehead atoms. The third kappa shape index (κ3) is 1.98. The second-order valence-corrected chi connectivity index (χ2v) is 10.0. The molecule has 8 atom stereocenters. The van der Waals surface area contributed by atoms with Crippen LogP contribution in [0.25, 0.3) is 0 Å². The molecule has 5 aliphatic carbocycles. The van der Waals surface area contributed by atoms with E-state index in [4.69, 9.17) is 4.74 Å². The van der Waals surface area contributed by atoms with Gasteiger partial charge >= 0.3 is 5.97 Å². The van der Waals surface area contributed by atoms with Crippen molar-refractivity contribution in [3.05, 3.63) is 23.8 Å². The van der Waals surface area contributed by atoms with E-state index in [2.05, 4.69) is 26.0 Å². The van der Waals surface area contributed by atoms with Crippen molar-refractivity contribution in [2.24, 2.45) is 45.8 Å². The van der Waals surface area contributed by atoms with E-state index in [1.807, 2.05) is 6.08 Å². The largest absolute Gasteiger partial charge is 0.465 e. The van der Waals surface area contributed by atoms with Gasteiger partial charge in [0.05, 0.1) is 18.6 Å². The Bertz CT molecular complexity index is 941. The van der Waals surface area contributed by atoms with Crippen molar-refractivity contribution in [2.45, 2.75) is 46.5 Å². The van der Waals surface area contributed by atoms with Crippen LogP contribution in [0.4, 0.5) is 0 Å². The van der Waals surface area contributed by atoms with Gasteiger partial charge in [0.15, 0.2) is 11.2 Å². The van der Waals surface area contributed by atoms with Gasteiger partial charge in [-0.25, -0.2) is 0 Å². The van der Waals surface area contributed by atoms with Crippen LogP contribution in [0.2, 0.25) is 0 Å². The van der Waals surface area contributed by atoms with Crippen molar-refractivity contribution < 1.29 is 19.1 Å². The van der Waals surface area contributed by atoms with Crippen LogP contribution in [0.1, 0.15) is 46.5 Å². The standard InChI is InChI=1S/C24H27NO4/c1-4-29-21(28)24(12-25)19-17(26)11-13-5-6-14-15-7-8-18(27)22(15,2)10-9-16(14)23(13,3)20(19)24/h5-6,11,14-16,19-20H,4,7-10H2,1-3H3. The number of ketones is 2. The molecule has 152 valence electrons. The number of carbonyl (C=O) groups excluding carboxylic acids is 3. The molecule has 0 N–H and O–H groups in total. The fraction of sp³-hybridized carbons (Fsp3) is 0.667. The van der Waals surface area contributed by atoms with Crippen LogP contribution >= 0.6 is 0 Å². The van der Waals surface area contributed by atoms with Crippen molar-refractivity contribution >= 4 is 17.5 Å². The number of nitriles is 1. The Hall–Kier alpha value is -2.22. The summed E-state index contributed by atoms with van der Waals surface area (Å²) in [4.78, 5) is 38.3. The van der Waals surface area contributed by atoms with E-state index in [-0.39, 0.29) is 35.6 Å². The number of nitrogens with zero attached hydrogens (tertiary/aromatic N) is 1. The zero-order valence-corrected chi connectivity index (χ0v) is 17.2. The Morgan fingerprint density at radius 2 is 2.03 bits per heavy atom. The Kier molecular flexibility index (Phi) is 3.68. The lowest BCUT2D eigenvalue weighted by molar-refractivity contribution is -0.149. The summed E-state index contributed by atoms with van der Waals surface area (Å²) in [6.45, 7) is 6.18. The lowest BCUT2D eigenvalue weighted by Crippen LogP contribution is -2.50. The lowest BCUT2D eigenvalue weighted by atomic mass is 9.48. The highest BCUT2D eigenvalue weighted by molar-refractivity contribution is 6.05. The quantitative estimate of drug-likeness (QED) is 0.671. The van der Waals surface area contributed by atoms with E-state index in [1.165, 1.54) is 0 Å². The van der Waals surface area contributed by atoms with E-state index in [0.717, 1.165) is 24.8 Å². The van der Waals surface area contributed by atoms with Gasteiger partial charge < -0.3 is 4.74 Å². The zero-order valence-electron chi connectivity index (χ0n) is 17.2. The minimum absolute atomic E-state index is 0.128. The van der Waals surface area contributed by atoms with Crippen LogP contribution in [-0.4, -0.2) is 24.1 Å². The maximum atomic E-state index is 12.8. The number of rotatable bonds is 2. The van der Waals surface area contributed by atoms with Crippen LogP contribution in [-0.2, 0) is 19.1 Å². The van der Waals surface area contributed by atoms with E-state index >= 15 is 0 Å². The molecular weight excluding hydrogens is 366 g/mol. The maximum Gasteiger partial charge on any atom is 0.327 e. The van der Waals surface area contributed by atoms with E-state index in [9.17, 15) is 19.6 Å². The molecule has 5 rings (SSSR count). The summed E-state index contributed by atoms with van der Waals surface area (Å²) in [5.74, 6) is -0.472. The average Bonchev–Trinajstić information content (AvgIpc) is 3.32. The summed E-state index contributed by atoms with van der Waals surface area (Å²) in [7, 11) is 0. The van der Waals surface area contributed by atoms with Gasteiger partial charge in [0, 0.05) is 23.2 Å². The Balaban J connectivity index is 1.60. The van der Waals surface area contributed by atoms with Crippen LogP contribution < -0.4 is 0 Å². The number of ether oxygens (including phenoxy) is 1. The number of fused-ring (bicyclic) bond motifs is 7. The predicted octanol–water partition coefficient (Wildman–Crippen LogP) is 3.40. The molecule has 5 aliphatic rings. The first-order valence-corrected chi connectivity index (χ1v) is 10.8. The molecule has 0 amide bonds. The minimum Gasteiger partial charge on any atom is -0.465 e. The molecule has 0 aliphatic heterocycles. The van der Waals surface area contributed by atoms with Crippen molar-refractivity contribution in [2.75, 3.05) is 6.61 Å². The van der Waals surface area contributed by atoms with Crippen molar-refractivity contribution in [3.8, 4) is 6.07 Å². The van der Waals surface area contributed by atoms with Gasteiger partial charge in [0.1, 0.15) is 5.78 Å². The van der Waals surface area contributed by atoms with Crippen LogP contribution in [0, 0.1) is 57.2 Å². The first-order chi connectivity index (χ1) is 13.8. The molecule has 3 fully saturated rings. The van der Waals surface area contributed by atoms with Crippen LogP contribution in [0.15, 0.2) is 23.8 Å². The van der Waals surface area contributed by atoms with Gasteiger partial charge in [-0.15, -0.1) is 0 Å². The van der Waals surface area contributed by atoms with Gasteiger partial charge in [-0.2, -0.15) is 5.26 Å². The molecule has 0 aromatic rings. The molecule has 0 aromatic carbocycles. The molecule has 0 saturated heterocycles. The minimum atomic E-state index is -1.37. The van der Waals surface area contributed by atoms with Crippen molar-refractivity contribution in [1.82, 2.24) is 0 Å². The number of Topliss-reactive ketones (excluding diaryl/α,β-unsaturated/α-hetero) is 1. The molecule has 8 unspecified atom stereocenters. The molecule has 0 heterocycles. The third-order valence-corrected chi connectivity index (χ3v) is 9.19. The second kappa shape index (κ2) is 5.68. The molecule has 5 heteroatoms. The summed E-state index contributed by atoms with van der Waals surface area (Å²) < 4.78 is 5.26. The molecule has 3 saturated carbocycles. The SMILES string of the molecule is CCOC(=O)C1(C#N)C2C(=O)C=C3C=CC4C5CCC(=O)C5(C)CCC4C3(C)C21. The highest BCUT2D eigenvalue weighted by Gasteiger charge is 2.82. The maximum absolute atomic E-state index is 12.8. The van der Waals surface area contributed by atoms with Crippen LogP contribution in [0.5, 0.6) is 0 Å². The predicted molar refractivity (Wildman–Crippen MR) is 104 cm³/mol. The fourth-order valence-corrected chi connectivity index (χ4v) is 7.69. The molecule has 0 spiro atoms. The van der Waals surface area contributed by atoms with E-state index in [1.54, 1.807) is 13.0 Å². The summed E-state index contributed by atoms with van der Waals surface area (Å²) >= 11 is 0. The summed E-state index contributed by atoms with van der Waals surface area (Å²) in [5, 5.41) is 10.0. The number of allylic oxidation sites excluding steroid dienone is 4. The van der Waals surface area contributed by atoms with Gasteiger partial charge in [-0.1, -0.05) is 26.0 Å². The van der Waals surface area contributed by atoms with Gasteiger partial charge in [-0.3, -0.25) is 14.4 Å². The first kappa shape index (κ1) is 18.8. The second-order valence-electron chi connectivity index (χ2n) is 10.0. The third-order valence-electron chi connectivity index (χ3n) is 9.19. The van der Waals surface area contributed by atoms with Gasteiger partial charge in [-0.05, 0) is 55.6 Å². The molecule has 29 heavy (non-hydrogen) atoms. The summed E-state index contributed by atoms with van der Waals surface area (Å²) in [5.41, 5.74) is -1.11. The van der Waals surface area contributed by atoms with Gasteiger partial charge in [0.2, 0.25) is 0 Å². The van der Waals surface area contributed by atoms with E-state index < -0.39 is 22.7 Å². The summed E-state index contributed by atoms with van der Waals surface area (Å²) in [6.07, 6.45) is 9.18. The molecule has 0 aromatic heterocycles.